The molecule has 7 heteroatoms. The van der Waals surface area contributed by atoms with Gasteiger partial charge in [0.05, 0.1) is 18.3 Å². The number of hydrogen-bond acceptors (Lipinski definition) is 4. The third-order valence-corrected chi connectivity index (χ3v) is 2.98. The van der Waals surface area contributed by atoms with Crippen LogP contribution in [-0.2, 0) is 24.8 Å². The van der Waals surface area contributed by atoms with Crippen molar-refractivity contribution in [2.75, 3.05) is 0 Å². The molecule has 21 heavy (non-hydrogen) atoms. The topological polar surface area (TPSA) is 97.1 Å². The molecule has 0 fully saturated rings. The largest absolute Gasteiger partial charge is 0.478 e. The maximum absolute atomic E-state index is 11.8. The Labute approximate surface area is 121 Å². The number of benzene rings is 1. The number of nitrogens with zero attached hydrogens (tertiary/aromatic N) is 3. The van der Waals surface area contributed by atoms with E-state index in [1.807, 2.05) is 0 Å². The average molecular weight is 288 g/mol. The highest BCUT2D eigenvalue weighted by atomic mass is 16.4. The monoisotopic (exact) mass is 288 g/mol. The fourth-order valence-electron chi connectivity index (χ4n) is 1.94. The summed E-state index contributed by atoms with van der Waals surface area (Å²) in [6.45, 7) is 0.313. The van der Waals surface area contributed by atoms with Gasteiger partial charge in [-0.1, -0.05) is 18.2 Å². The lowest BCUT2D eigenvalue weighted by molar-refractivity contribution is -0.121. The summed E-state index contributed by atoms with van der Waals surface area (Å²) in [5.74, 6) is -1.13. The zero-order valence-corrected chi connectivity index (χ0v) is 11.6. The van der Waals surface area contributed by atoms with E-state index < -0.39 is 5.97 Å². The molecule has 0 unspecified atom stereocenters. The van der Waals surface area contributed by atoms with Gasteiger partial charge >= 0.3 is 5.97 Å². The first-order chi connectivity index (χ1) is 10.1. The molecule has 0 bridgehead atoms. The molecule has 0 spiro atoms. The summed E-state index contributed by atoms with van der Waals surface area (Å²) in [6.07, 6.45) is 2.19. The number of nitrogens with one attached hydrogen (secondary N) is 1. The van der Waals surface area contributed by atoms with Gasteiger partial charge in [0.1, 0.15) is 5.69 Å². The lowest BCUT2D eigenvalue weighted by Gasteiger charge is -2.06. The Kier molecular flexibility index (Phi) is 4.65. The Hall–Kier alpha value is -2.70. The van der Waals surface area contributed by atoms with Crippen LogP contribution in [0.3, 0.4) is 0 Å². The van der Waals surface area contributed by atoms with Gasteiger partial charge in [-0.2, -0.15) is 15.0 Å². The highest BCUT2D eigenvalue weighted by Crippen LogP contribution is 2.11. The van der Waals surface area contributed by atoms with Gasteiger partial charge in [-0.3, -0.25) is 4.79 Å². The van der Waals surface area contributed by atoms with Crippen LogP contribution in [0.5, 0.6) is 0 Å². The number of carbonyl (C=O) groups is 2. The van der Waals surface area contributed by atoms with E-state index >= 15 is 0 Å². The molecule has 1 amide bonds. The van der Waals surface area contributed by atoms with E-state index in [2.05, 4.69) is 15.5 Å². The number of carbonyl (C=O) groups excluding carboxylic acids is 1. The summed E-state index contributed by atoms with van der Waals surface area (Å²) in [5.41, 5.74) is 1.57. The van der Waals surface area contributed by atoms with Crippen LogP contribution in [0.4, 0.5) is 0 Å². The van der Waals surface area contributed by atoms with Crippen molar-refractivity contribution in [2.45, 2.75) is 19.4 Å². The van der Waals surface area contributed by atoms with Crippen molar-refractivity contribution in [2.24, 2.45) is 7.05 Å². The molecule has 2 N–H and O–H groups in total. The Bertz CT molecular complexity index is 651. The quantitative estimate of drug-likeness (QED) is 0.818. The molecule has 0 aliphatic rings. The fourth-order valence-corrected chi connectivity index (χ4v) is 1.94. The van der Waals surface area contributed by atoms with E-state index in [1.54, 1.807) is 31.4 Å². The van der Waals surface area contributed by atoms with Crippen molar-refractivity contribution in [1.29, 1.82) is 0 Å². The predicted molar refractivity (Wildman–Crippen MR) is 74.6 cm³/mol. The summed E-state index contributed by atoms with van der Waals surface area (Å²) in [5, 5.41) is 19.8. The Morgan fingerprint density at radius 1 is 1.33 bits per heavy atom. The van der Waals surface area contributed by atoms with Gasteiger partial charge in [0.25, 0.3) is 0 Å². The van der Waals surface area contributed by atoms with E-state index in [1.165, 1.54) is 10.9 Å². The molecule has 0 saturated heterocycles. The van der Waals surface area contributed by atoms with Crippen LogP contribution in [0.2, 0.25) is 0 Å². The van der Waals surface area contributed by atoms with Crippen molar-refractivity contribution in [3.05, 3.63) is 47.3 Å². The number of carboxylic acids is 1. The minimum atomic E-state index is -0.981. The molecule has 0 aliphatic heterocycles. The number of rotatable bonds is 6. The third-order valence-electron chi connectivity index (χ3n) is 2.98. The molecule has 0 atom stereocenters. The van der Waals surface area contributed by atoms with E-state index in [0.717, 1.165) is 0 Å². The van der Waals surface area contributed by atoms with Crippen LogP contribution in [-0.4, -0.2) is 32.0 Å². The lowest BCUT2D eigenvalue weighted by Crippen LogP contribution is -2.23. The van der Waals surface area contributed by atoms with Crippen molar-refractivity contribution in [3.8, 4) is 0 Å². The smallest absolute Gasteiger partial charge is 0.335 e. The van der Waals surface area contributed by atoms with Crippen molar-refractivity contribution in [3.63, 3.8) is 0 Å². The van der Waals surface area contributed by atoms with Gasteiger partial charge < -0.3 is 10.4 Å². The molecule has 7 nitrogen and oxygen atoms in total. The van der Waals surface area contributed by atoms with Gasteiger partial charge in [0, 0.05) is 13.5 Å². The molecule has 1 heterocycles. The van der Waals surface area contributed by atoms with Crippen LogP contribution >= 0.6 is 0 Å². The number of amides is 1. The van der Waals surface area contributed by atoms with E-state index in [-0.39, 0.29) is 17.9 Å². The average Bonchev–Trinajstić information content (AvgIpc) is 2.88. The molecule has 0 aliphatic carbocycles. The van der Waals surface area contributed by atoms with Crippen LogP contribution < -0.4 is 5.32 Å². The molecule has 0 radical (unpaired) electrons. The normalized spacial score (nSPS) is 10.3. The summed E-state index contributed by atoms with van der Waals surface area (Å²) in [7, 11) is 1.70. The van der Waals surface area contributed by atoms with Crippen LogP contribution in [0, 0.1) is 0 Å². The summed E-state index contributed by atoms with van der Waals surface area (Å²) in [6, 6.07) is 6.69. The Balaban J connectivity index is 1.85. The number of hydrogen-bond donors (Lipinski definition) is 2. The molecular weight excluding hydrogens is 272 g/mol. The van der Waals surface area contributed by atoms with E-state index in [0.29, 0.717) is 24.2 Å². The molecule has 0 saturated carbocycles. The Morgan fingerprint density at radius 3 is 2.76 bits per heavy atom. The second-order valence-electron chi connectivity index (χ2n) is 4.56. The zero-order chi connectivity index (χ0) is 15.2. The second-order valence-corrected chi connectivity index (χ2v) is 4.56. The molecular formula is C14H16N4O3. The zero-order valence-electron chi connectivity index (χ0n) is 11.6. The first-order valence-electron chi connectivity index (χ1n) is 6.49. The first kappa shape index (κ1) is 14.7. The standard InChI is InChI=1S/C14H16N4O3/c1-18-16-9-11(17-18)8-15-13(19)7-6-10-4-2-3-5-12(10)14(20)21/h2-5,9H,6-8H2,1H3,(H,15,19)(H,20,21). The van der Waals surface area contributed by atoms with Gasteiger partial charge in [0.15, 0.2) is 0 Å². The van der Waals surface area contributed by atoms with E-state index in [9.17, 15) is 9.59 Å². The summed E-state index contributed by atoms with van der Waals surface area (Å²) >= 11 is 0. The molecule has 1 aromatic heterocycles. The highest BCUT2D eigenvalue weighted by Gasteiger charge is 2.10. The maximum atomic E-state index is 11.8. The number of carboxylic acid groups (broad SMARTS) is 1. The molecule has 110 valence electrons. The molecule has 2 aromatic rings. The van der Waals surface area contributed by atoms with Crippen molar-refractivity contribution < 1.29 is 14.7 Å². The summed E-state index contributed by atoms with van der Waals surface area (Å²) in [4.78, 5) is 24.2. The first-order valence-corrected chi connectivity index (χ1v) is 6.49. The van der Waals surface area contributed by atoms with Crippen LogP contribution in [0.15, 0.2) is 30.5 Å². The second kappa shape index (κ2) is 6.65. The van der Waals surface area contributed by atoms with E-state index in [4.69, 9.17) is 5.11 Å². The minimum absolute atomic E-state index is 0.152. The third kappa shape index (κ3) is 4.13. The minimum Gasteiger partial charge on any atom is -0.478 e. The van der Waals surface area contributed by atoms with Crippen LogP contribution in [0.1, 0.15) is 28.0 Å². The maximum Gasteiger partial charge on any atom is 0.335 e. The van der Waals surface area contributed by atoms with Gasteiger partial charge in [-0.15, -0.1) is 0 Å². The molecule has 2 rings (SSSR count). The van der Waals surface area contributed by atoms with Gasteiger partial charge in [-0.25, -0.2) is 4.79 Å². The highest BCUT2D eigenvalue weighted by molar-refractivity contribution is 5.89. The molecule has 1 aromatic carbocycles. The van der Waals surface area contributed by atoms with Gasteiger partial charge in [0.2, 0.25) is 5.91 Å². The van der Waals surface area contributed by atoms with Crippen molar-refractivity contribution in [1.82, 2.24) is 20.3 Å². The number of aromatic carboxylic acids is 1. The fraction of sp³-hybridized carbons (Fsp3) is 0.286. The summed E-state index contributed by atoms with van der Waals surface area (Å²) < 4.78 is 0. The predicted octanol–water partition coefficient (Wildman–Crippen LogP) is 0.762. The van der Waals surface area contributed by atoms with Crippen molar-refractivity contribution >= 4 is 11.9 Å². The van der Waals surface area contributed by atoms with Gasteiger partial charge in [-0.05, 0) is 18.1 Å². The lowest BCUT2D eigenvalue weighted by atomic mass is 10.0. The Morgan fingerprint density at radius 2 is 2.10 bits per heavy atom. The SMILES string of the molecule is Cn1ncc(CNC(=O)CCc2ccccc2C(=O)O)n1. The van der Waals surface area contributed by atoms with Crippen LogP contribution in [0.25, 0.3) is 0 Å². The number of aryl methyl sites for hydroxylation is 2. The number of aromatic nitrogens is 3.